The van der Waals surface area contributed by atoms with Crippen molar-refractivity contribution in [2.75, 3.05) is 0 Å². The van der Waals surface area contributed by atoms with Gasteiger partial charge in [0.2, 0.25) is 0 Å². The summed E-state index contributed by atoms with van der Waals surface area (Å²) < 4.78 is 1.36. The number of rotatable bonds is 5. The number of hydrogen-bond acceptors (Lipinski definition) is 4. The van der Waals surface area contributed by atoms with Crippen molar-refractivity contribution in [2.24, 2.45) is 0 Å². The lowest BCUT2D eigenvalue weighted by Gasteiger charge is -2.10. The molecule has 0 saturated carbocycles. The zero-order chi connectivity index (χ0) is 16.1. The van der Waals surface area contributed by atoms with E-state index in [0.717, 1.165) is 5.56 Å². The third-order valence-corrected chi connectivity index (χ3v) is 3.32. The fourth-order valence-corrected chi connectivity index (χ4v) is 2.23. The van der Waals surface area contributed by atoms with Crippen LogP contribution in [0.4, 0.5) is 0 Å². The highest BCUT2D eigenvalue weighted by molar-refractivity contribution is 5.79. The summed E-state index contributed by atoms with van der Waals surface area (Å²) in [6.07, 6.45) is 1.21. The highest BCUT2D eigenvalue weighted by Crippen LogP contribution is 2.07. The molecule has 0 aliphatic rings. The molecule has 6 nitrogen and oxygen atoms in total. The summed E-state index contributed by atoms with van der Waals surface area (Å²) in [7, 11) is 0. The second-order valence-corrected chi connectivity index (χ2v) is 4.97. The number of amides is 1. The predicted molar refractivity (Wildman–Crippen MR) is 85.4 cm³/mol. The van der Waals surface area contributed by atoms with Crippen LogP contribution in [-0.4, -0.2) is 15.5 Å². The molecule has 0 atom stereocenters. The Kier molecular flexibility index (Phi) is 4.44. The fraction of sp³-hybridized carbons (Fsp3) is 0.118. The van der Waals surface area contributed by atoms with E-state index < -0.39 is 5.91 Å². The summed E-state index contributed by atoms with van der Waals surface area (Å²) >= 11 is 0. The molecule has 1 amide bonds. The quantitative estimate of drug-likeness (QED) is 0.727. The zero-order valence-corrected chi connectivity index (χ0v) is 12.3. The number of benzene rings is 2. The first-order valence-electron chi connectivity index (χ1n) is 7.13. The molecule has 6 heteroatoms. The summed E-state index contributed by atoms with van der Waals surface area (Å²) in [5.74, 6) is -0.403. The first-order chi connectivity index (χ1) is 11.2. The lowest BCUT2D eigenvalue weighted by molar-refractivity contribution is -0.135. The number of hydroxylamine groups is 1. The minimum Gasteiger partial charge on any atom is -0.296 e. The lowest BCUT2D eigenvalue weighted by Crippen LogP contribution is -2.32. The van der Waals surface area contributed by atoms with Gasteiger partial charge in [-0.15, -0.1) is 0 Å². The van der Waals surface area contributed by atoms with Gasteiger partial charge in [-0.3, -0.25) is 19.0 Å². The number of carbonyl (C=O) groups excluding carboxylic acids is 1. The van der Waals surface area contributed by atoms with Crippen LogP contribution in [0, 0.1) is 0 Å². The Morgan fingerprint density at radius 3 is 2.65 bits per heavy atom. The molecular formula is C17H15N3O3. The summed E-state index contributed by atoms with van der Waals surface area (Å²) in [6.45, 7) is 0.134. The molecule has 0 radical (unpaired) electrons. The maximum Gasteiger partial charge on any atom is 0.269 e. The molecule has 0 aliphatic carbocycles. The predicted octanol–water partition coefficient (Wildman–Crippen LogP) is 1.64. The zero-order valence-electron chi connectivity index (χ0n) is 12.3. The van der Waals surface area contributed by atoms with Crippen LogP contribution in [0.2, 0.25) is 0 Å². The van der Waals surface area contributed by atoms with Gasteiger partial charge in [0.05, 0.1) is 23.8 Å². The van der Waals surface area contributed by atoms with Gasteiger partial charge in [-0.05, 0) is 17.7 Å². The molecule has 116 valence electrons. The molecule has 3 rings (SSSR count). The van der Waals surface area contributed by atoms with Crippen LogP contribution < -0.4 is 11.0 Å². The Morgan fingerprint density at radius 1 is 1.09 bits per heavy atom. The number of aromatic nitrogens is 2. The van der Waals surface area contributed by atoms with Gasteiger partial charge in [0.1, 0.15) is 6.54 Å². The van der Waals surface area contributed by atoms with Crippen molar-refractivity contribution in [3.8, 4) is 0 Å². The topological polar surface area (TPSA) is 73.2 Å². The number of nitrogens with zero attached hydrogens (tertiary/aromatic N) is 2. The lowest BCUT2D eigenvalue weighted by atomic mass is 10.2. The van der Waals surface area contributed by atoms with Crippen molar-refractivity contribution in [2.45, 2.75) is 13.2 Å². The molecule has 0 spiro atoms. The standard InChI is InChI=1S/C17H15N3O3/c21-16(19-23-12-13-6-2-1-3-7-13)11-20-15-9-5-4-8-14(15)18-10-17(20)22/h1-10H,11-12H2,(H,19,21). The number of nitrogens with one attached hydrogen (secondary N) is 1. The maximum atomic E-state index is 12.0. The number of fused-ring (bicyclic) bond motifs is 1. The number of hydrogen-bond donors (Lipinski definition) is 1. The minimum atomic E-state index is -0.403. The number of para-hydroxylation sites is 2. The SMILES string of the molecule is O=C(Cn1c(=O)cnc2ccccc21)NOCc1ccccc1. The first-order valence-corrected chi connectivity index (χ1v) is 7.13. The van der Waals surface area contributed by atoms with E-state index in [9.17, 15) is 9.59 Å². The van der Waals surface area contributed by atoms with Crippen LogP contribution in [0.3, 0.4) is 0 Å². The van der Waals surface area contributed by atoms with Gasteiger partial charge in [0, 0.05) is 0 Å². The summed E-state index contributed by atoms with van der Waals surface area (Å²) in [5, 5.41) is 0. The third kappa shape index (κ3) is 3.61. The highest BCUT2D eigenvalue weighted by Gasteiger charge is 2.08. The molecule has 1 N–H and O–H groups in total. The van der Waals surface area contributed by atoms with Crippen molar-refractivity contribution < 1.29 is 9.63 Å². The van der Waals surface area contributed by atoms with E-state index in [0.29, 0.717) is 11.0 Å². The third-order valence-electron chi connectivity index (χ3n) is 3.32. The molecule has 23 heavy (non-hydrogen) atoms. The second kappa shape index (κ2) is 6.85. The molecule has 0 aliphatic heterocycles. The van der Waals surface area contributed by atoms with Crippen molar-refractivity contribution in [3.05, 3.63) is 76.7 Å². The smallest absolute Gasteiger partial charge is 0.269 e. The minimum absolute atomic E-state index is 0.128. The fourth-order valence-electron chi connectivity index (χ4n) is 2.23. The molecular weight excluding hydrogens is 294 g/mol. The Bertz CT molecular complexity index is 875. The van der Waals surface area contributed by atoms with Gasteiger partial charge >= 0.3 is 0 Å². The average molecular weight is 309 g/mol. The van der Waals surface area contributed by atoms with Crippen LogP contribution >= 0.6 is 0 Å². The van der Waals surface area contributed by atoms with Gasteiger partial charge in [-0.25, -0.2) is 10.5 Å². The van der Waals surface area contributed by atoms with E-state index in [-0.39, 0.29) is 18.7 Å². The van der Waals surface area contributed by atoms with Gasteiger partial charge in [0.25, 0.3) is 11.5 Å². The molecule has 0 saturated heterocycles. The largest absolute Gasteiger partial charge is 0.296 e. The van der Waals surface area contributed by atoms with Gasteiger partial charge in [-0.2, -0.15) is 0 Å². The van der Waals surface area contributed by atoms with Crippen LogP contribution in [0.25, 0.3) is 11.0 Å². The van der Waals surface area contributed by atoms with Gasteiger partial charge < -0.3 is 0 Å². The maximum absolute atomic E-state index is 12.0. The van der Waals surface area contributed by atoms with Crippen LogP contribution in [0.15, 0.2) is 65.6 Å². The molecule has 2 aromatic carbocycles. The van der Waals surface area contributed by atoms with Crippen molar-refractivity contribution >= 4 is 16.9 Å². The van der Waals surface area contributed by atoms with E-state index >= 15 is 0 Å². The van der Waals surface area contributed by atoms with E-state index in [2.05, 4.69) is 10.5 Å². The summed E-state index contributed by atoms with van der Waals surface area (Å²) in [4.78, 5) is 33.2. The molecule has 1 heterocycles. The van der Waals surface area contributed by atoms with Crippen LogP contribution in [0.5, 0.6) is 0 Å². The normalized spacial score (nSPS) is 10.6. The first kappa shape index (κ1) is 14.9. The Morgan fingerprint density at radius 2 is 1.83 bits per heavy atom. The molecule has 3 aromatic rings. The number of carbonyl (C=O) groups is 1. The van der Waals surface area contributed by atoms with Crippen LogP contribution in [0.1, 0.15) is 5.56 Å². The second-order valence-electron chi connectivity index (χ2n) is 4.97. The van der Waals surface area contributed by atoms with Crippen LogP contribution in [-0.2, 0) is 22.8 Å². The Labute approximate surface area is 132 Å². The molecule has 0 fully saturated rings. The van der Waals surface area contributed by atoms with E-state index in [1.807, 2.05) is 36.4 Å². The van der Waals surface area contributed by atoms with Gasteiger partial charge in [-0.1, -0.05) is 42.5 Å². The highest BCUT2D eigenvalue weighted by atomic mass is 16.6. The Hall–Kier alpha value is -2.99. The van der Waals surface area contributed by atoms with Crippen molar-refractivity contribution in [3.63, 3.8) is 0 Å². The van der Waals surface area contributed by atoms with Crippen molar-refractivity contribution in [1.29, 1.82) is 0 Å². The van der Waals surface area contributed by atoms with Crippen molar-refractivity contribution in [1.82, 2.24) is 15.0 Å². The summed E-state index contributed by atoms with van der Waals surface area (Å²) in [6, 6.07) is 16.6. The molecule has 0 unspecified atom stereocenters. The van der Waals surface area contributed by atoms with E-state index in [1.165, 1.54) is 10.8 Å². The summed E-state index contributed by atoms with van der Waals surface area (Å²) in [5.41, 5.74) is 4.23. The molecule has 0 bridgehead atoms. The van der Waals surface area contributed by atoms with Gasteiger partial charge in [0.15, 0.2) is 0 Å². The van der Waals surface area contributed by atoms with E-state index in [1.54, 1.807) is 18.2 Å². The Balaban J connectivity index is 1.66. The molecule has 1 aromatic heterocycles. The van der Waals surface area contributed by atoms with E-state index in [4.69, 9.17) is 4.84 Å². The average Bonchev–Trinajstić information content (AvgIpc) is 2.58. The monoisotopic (exact) mass is 309 g/mol.